The van der Waals surface area contributed by atoms with Gasteiger partial charge in [-0.25, -0.2) is 15.0 Å². The van der Waals surface area contributed by atoms with Crippen LogP contribution in [0.3, 0.4) is 0 Å². The number of fused-ring (bicyclic) bond motifs is 2. The van der Waals surface area contributed by atoms with Crippen molar-refractivity contribution in [3.05, 3.63) is 55.1 Å². The lowest BCUT2D eigenvalue weighted by Crippen LogP contribution is -2.44. The molecule has 0 unspecified atom stereocenters. The summed E-state index contributed by atoms with van der Waals surface area (Å²) in [4.78, 5) is 27.1. The number of piperazine rings is 1. The maximum atomic E-state index is 4.98. The molecule has 0 aromatic carbocycles. The Morgan fingerprint density at radius 2 is 1.85 bits per heavy atom. The first-order valence-corrected chi connectivity index (χ1v) is 13.3. The van der Waals surface area contributed by atoms with E-state index in [4.69, 9.17) is 9.97 Å². The van der Waals surface area contributed by atoms with Crippen molar-refractivity contribution in [2.75, 3.05) is 43.4 Å². The lowest BCUT2D eigenvalue weighted by molar-refractivity contribution is 0.312. The maximum Gasteiger partial charge on any atom is 0.161 e. The van der Waals surface area contributed by atoms with Crippen LogP contribution in [-0.2, 0) is 0 Å². The lowest BCUT2D eigenvalue weighted by Gasteiger charge is -2.33. The number of imidazole rings is 1. The highest BCUT2D eigenvalue weighted by molar-refractivity contribution is 5.94. The molecule has 0 saturated carbocycles. The Morgan fingerprint density at radius 1 is 1.03 bits per heavy atom. The smallest absolute Gasteiger partial charge is 0.161 e. The summed E-state index contributed by atoms with van der Waals surface area (Å²) in [6.45, 7) is 14.6. The van der Waals surface area contributed by atoms with Crippen molar-refractivity contribution in [2.45, 2.75) is 27.2 Å². The second-order valence-electron chi connectivity index (χ2n) is 11.5. The molecule has 1 aliphatic heterocycles. The van der Waals surface area contributed by atoms with Crippen LogP contribution in [0.25, 0.3) is 44.8 Å². The van der Waals surface area contributed by atoms with E-state index in [1.165, 1.54) is 0 Å². The number of aromatic amines is 2. The lowest BCUT2D eigenvalue weighted by atomic mass is 9.91. The Hall–Kier alpha value is -4.31. The molecule has 200 valence electrons. The topological polar surface area (TPSA) is 115 Å². The molecule has 5 aromatic rings. The monoisotopic (exact) mass is 522 g/mol. The molecule has 1 fully saturated rings. The molecule has 3 N–H and O–H groups in total. The van der Waals surface area contributed by atoms with Crippen LogP contribution >= 0.6 is 0 Å². The molecule has 5 aromatic heterocycles. The number of nitrogens with one attached hydrogen (secondary N) is 3. The number of hydrogen-bond acceptors (Lipinski definition) is 8. The number of pyridine rings is 3. The molecule has 10 heteroatoms. The molecule has 6 heterocycles. The summed E-state index contributed by atoms with van der Waals surface area (Å²) in [5.41, 5.74) is 7.74. The van der Waals surface area contributed by atoms with Gasteiger partial charge in [-0.15, -0.1) is 0 Å². The van der Waals surface area contributed by atoms with Gasteiger partial charge < -0.3 is 20.1 Å². The summed E-state index contributed by atoms with van der Waals surface area (Å²) in [6, 6.07) is 7.97. The van der Waals surface area contributed by atoms with Gasteiger partial charge >= 0.3 is 0 Å². The quantitative estimate of drug-likeness (QED) is 0.283. The van der Waals surface area contributed by atoms with Crippen molar-refractivity contribution >= 4 is 33.6 Å². The Balaban J connectivity index is 1.32. The van der Waals surface area contributed by atoms with E-state index in [1.54, 1.807) is 6.20 Å². The van der Waals surface area contributed by atoms with Crippen LogP contribution in [0.1, 0.15) is 27.2 Å². The summed E-state index contributed by atoms with van der Waals surface area (Å²) in [6.07, 6.45) is 6.32. The van der Waals surface area contributed by atoms with Gasteiger partial charge in [-0.3, -0.25) is 10.1 Å². The van der Waals surface area contributed by atoms with Gasteiger partial charge in [0.25, 0.3) is 0 Å². The highest BCUT2D eigenvalue weighted by Gasteiger charge is 2.21. The highest BCUT2D eigenvalue weighted by Crippen LogP contribution is 2.31. The summed E-state index contributed by atoms with van der Waals surface area (Å²) >= 11 is 0. The number of aromatic nitrogens is 7. The SMILES string of the molecule is C=C(CC(C)(C)C)Nc1cncc(-c2ccc3[nH]nc(-c4nc5c(N6CCN(C)CC6)nccc5[nH]4)c3n2)c1. The van der Waals surface area contributed by atoms with Crippen molar-refractivity contribution in [2.24, 2.45) is 5.41 Å². The molecular formula is C29H34N10. The Kier molecular flexibility index (Phi) is 6.26. The number of anilines is 2. The van der Waals surface area contributed by atoms with E-state index in [-0.39, 0.29) is 5.41 Å². The average Bonchev–Trinajstić information content (AvgIpc) is 3.52. The normalized spacial score (nSPS) is 14.8. The van der Waals surface area contributed by atoms with Crippen LogP contribution < -0.4 is 10.2 Å². The van der Waals surface area contributed by atoms with Crippen LogP contribution in [0.5, 0.6) is 0 Å². The molecule has 0 radical (unpaired) electrons. The molecule has 10 nitrogen and oxygen atoms in total. The van der Waals surface area contributed by atoms with E-state index in [9.17, 15) is 0 Å². The van der Waals surface area contributed by atoms with Crippen molar-refractivity contribution < 1.29 is 0 Å². The summed E-state index contributed by atoms with van der Waals surface area (Å²) in [7, 11) is 2.15. The van der Waals surface area contributed by atoms with E-state index in [1.807, 2.05) is 36.7 Å². The third-order valence-electron chi connectivity index (χ3n) is 6.92. The highest BCUT2D eigenvalue weighted by atomic mass is 15.3. The Labute approximate surface area is 227 Å². The first kappa shape index (κ1) is 25.0. The number of allylic oxidation sites excluding steroid dienone is 1. The zero-order valence-corrected chi connectivity index (χ0v) is 22.9. The standard InChI is InChI=1S/C29H34N10/c1-18(15-29(2,3)4)32-20-14-19(16-30-17-20)21-6-7-23-24(33-21)26(37-36-23)27-34-22-8-9-31-28(25(22)35-27)39-12-10-38(5)11-13-39/h6-9,14,16-17,32H,1,10-13,15H2,2-5H3,(H,34,35)(H,36,37). The molecule has 39 heavy (non-hydrogen) atoms. The molecule has 0 spiro atoms. The molecule has 6 rings (SSSR count). The number of H-pyrrole nitrogens is 2. The third-order valence-corrected chi connectivity index (χ3v) is 6.92. The minimum Gasteiger partial charge on any atom is -0.358 e. The Bertz CT molecular complexity index is 1650. The minimum atomic E-state index is 0.150. The van der Waals surface area contributed by atoms with Crippen molar-refractivity contribution in [1.29, 1.82) is 0 Å². The van der Waals surface area contributed by atoms with Crippen LogP contribution in [0, 0.1) is 5.41 Å². The molecular weight excluding hydrogens is 488 g/mol. The van der Waals surface area contributed by atoms with Crippen LogP contribution in [-0.4, -0.2) is 73.2 Å². The van der Waals surface area contributed by atoms with Crippen molar-refractivity contribution in [3.63, 3.8) is 0 Å². The molecule has 1 aliphatic rings. The van der Waals surface area contributed by atoms with E-state index in [0.29, 0.717) is 11.5 Å². The fourth-order valence-electron chi connectivity index (χ4n) is 5.04. The van der Waals surface area contributed by atoms with Gasteiger partial charge in [0.05, 0.1) is 28.6 Å². The van der Waals surface area contributed by atoms with Crippen LogP contribution in [0.15, 0.2) is 55.1 Å². The van der Waals surface area contributed by atoms with Crippen molar-refractivity contribution in [3.8, 4) is 22.8 Å². The zero-order chi connectivity index (χ0) is 27.1. The van der Waals surface area contributed by atoms with Crippen LogP contribution in [0.2, 0.25) is 0 Å². The molecule has 0 bridgehead atoms. The molecule has 1 saturated heterocycles. The van der Waals surface area contributed by atoms with E-state index >= 15 is 0 Å². The largest absolute Gasteiger partial charge is 0.358 e. The third kappa shape index (κ3) is 5.20. The number of likely N-dealkylation sites (N-methyl/N-ethyl adjacent to an activating group) is 1. The van der Waals surface area contributed by atoms with Gasteiger partial charge in [0.15, 0.2) is 17.3 Å². The summed E-state index contributed by atoms with van der Waals surface area (Å²) in [5.74, 6) is 1.57. The van der Waals surface area contributed by atoms with Gasteiger partial charge in [0.2, 0.25) is 0 Å². The van der Waals surface area contributed by atoms with E-state index < -0.39 is 0 Å². The average molecular weight is 523 g/mol. The fourth-order valence-corrected chi connectivity index (χ4v) is 5.04. The number of rotatable bonds is 6. The van der Waals surface area contributed by atoms with Gasteiger partial charge in [-0.1, -0.05) is 27.4 Å². The van der Waals surface area contributed by atoms with E-state index in [0.717, 1.165) is 83.1 Å². The van der Waals surface area contributed by atoms with E-state index in [2.05, 4.69) is 74.7 Å². The number of nitrogens with zero attached hydrogens (tertiary/aromatic N) is 7. The molecule has 0 aliphatic carbocycles. The fraction of sp³-hybridized carbons (Fsp3) is 0.345. The maximum absolute atomic E-state index is 4.98. The number of hydrogen-bond donors (Lipinski definition) is 3. The van der Waals surface area contributed by atoms with Gasteiger partial charge in [0, 0.05) is 49.8 Å². The summed E-state index contributed by atoms with van der Waals surface area (Å²) < 4.78 is 0. The van der Waals surface area contributed by atoms with Gasteiger partial charge in [0.1, 0.15) is 11.0 Å². The van der Waals surface area contributed by atoms with Crippen molar-refractivity contribution in [1.82, 2.24) is 40.0 Å². The van der Waals surface area contributed by atoms with Gasteiger partial charge in [-0.05, 0) is 43.1 Å². The predicted octanol–water partition coefficient (Wildman–Crippen LogP) is 5.07. The first-order valence-electron chi connectivity index (χ1n) is 13.3. The summed E-state index contributed by atoms with van der Waals surface area (Å²) in [5, 5.41) is 11.1. The van der Waals surface area contributed by atoms with Gasteiger partial charge in [-0.2, -0.15) is 5.10 Å². The first-order chi connectivity index (χ1) is 18.7. The second-order valence-corrected chi connectivity index (χ2v) is 11.5. The predicted molar refractivity (Wildman–Crippen MR) is 157 cm³/mol. The zero-order valence-electron chi connectivity index (χ0n) is 22.9. The molecule has 0 amide bonds. The Morgan fingerprint density at radius 3 is 2.64 bits per heavy atom. The van der Waals surface area contributed by atoms with Crippen LogP contribution in [0.4, 0.5) is 11.5 Å². The molecule has 0 atom stereocenters. The second kappa shape index (κ2) is 9.77. The minimum absolute atomic E-state index is 0.150.